The Morgan fingerprint density at radius 1 is 1.04 bits per heavy atom. The molecule has 8 atom stereocenters. The Kier molecular flexibility index (Phi) is 5.39. The smallest absolute Gasteiger partial charge is 0.0748 e. The van der Waals surface area contributed by atoms with E-state index in [0.29, 0.717) is 36.3 Å². The maximum atomic E-state index is 12.0. The van der Waals surface area contributed by atoms with E-state index in [1.54, 1.807) is 0 Å². The summed E-state index contributed by atoms with van der Waals surface area (Å²) in [7, 11) is 0. The zero-order valence-electron chi connectivity index (χ0n) is 17.3. The fraction of sp³-hybridized carbons (Fsp3) is 1.00. The van der Waals surface area contributed by atoms with Crippen molar-refractivity contribution in [3.63, 3.8) is 0 Å². The van der Waals surface area contributed by atoms with Gasteiger partial charge in [-0.3, -0.25) is 0 Å². The molecule has 0 spiro atoms. The number of aliphatic hydroxyl groups is 2. The van der Waals surface area contributed by atoms with Gasteiger partial charge in [-0.05, 0) is 93.9 Å². The summed E-state index contributed by atoms with van der Waals surface area (Å²) in [5.74, 6) is 1.62. The van der Waals surface area contributed by atoms with Crippen LogP contribution in [0.2, 0.25) is 0 Å². The first-order valence-corrected chi connectivity index (χ1v) is 11.3. The van der Waals surface area contributed by atoms with Crippen LogP contribution in [0.15, 0.2) is 0 Å². The average Bonchev–Trinajstić information content (AvgIpc) is 2.91. The maximum absolute atomic E-state index is 12.0. The average molecular weight is 381 g/mol. The number of rotatable bonds is 5. The van der Waals surface area contributed by atoms with E-state index in [2.05, 4.69) is 19.3 Å². The van der Waals surface area contributed by atoms with Crippen LogP contribution in [0.4, 0.5) is 0 Å². The molecule has 0 saturated heterocycles. The largest absolute Gasteiger partial charge is 0.393 e. The number of aliphatic hydroxyl groups excluding tert-OH is 1. The van der Waals surface area contributed by atoms with Crippen molar-refractivity contribution < 1.29 is 15.1 Å². The van der Waals surface area contributed by atoms with Gasteiger partial charge in [0.25, 0.3) is 0 Å². The molecule has 0 heterocycles. The Bertz CT molecular complexity index is 546. The van der Waals surface area contributed by atoms with Crippen LogP contribution >= 0.6 is 0 Å². The van der Waals surface area contributed by atoms with Gasteiger partial charge in [0.1, 0.15) is 0 Å². The predicted molar refractivity (Wildman–Crippen MR) is 106 cm³/mol. The minimum Gasteiger partial charge on any atom is -0.393 e. The molecular weight excluding hydrogens is 340 g/mol. The van der Waals surface area contributed by atoms with Crippen molar-refractivity contribution in [2.45, 2.75) is 95.8 Å². The first-order valence-electron chi connectivity index (χ1n) is 11.3. The minimum atomic E-state index is -0.588. The molecule has 0 radical (unpaired) electrons. The molecule has 5 N–H and O–H groups in total. The summed E-state index contributed by atoms with van der Waals surface area (Å²) in [5, 5.41) is 22.2. The third kappa shape index (κ3) is 3.00. The lowest BCUT2D eigenvalue weighted by Crippen LogP contribution is -2.64. The molecular formula is C22H40N2O3. The van der Waals surface area contributed by atoms with E-state index < -0.39 is 5.60 Å². The predicted octanol–water partition coefficient (Wildman–Crippen LogP) is 2.74. The molecule has 4 saturated carbocycles. The van der Waals surface area contributed by atoms with E-state index in [1.165, 1.54) is 6.42 Å². The van der Waals surface area contributed by atoms with Crippen LogP contribution in [-0.4, -0.2) is 41.1 Å². The Morgan fingerprint density at radius 3 is 2.63 bits per heavy atom. The Labute approximate surface area is 164 Å². The number of hydroxylamine groups is 1. The fourth-order valence-corrected chi connectivity index (χ4v) is 7.71. The van der Waals surface area contributed by atoms with Crippen LogP contribution in [0, 0.1) is 28.6 Å². The molecule has 0 aromatic carbocycles. The summed E-state index contributed by atoms with van der Waals surface area (Å²) in [4.78, 5) is 5.70. The second-order valence-corrected chi connectivity index (χ2v) is 10.5. The number of fused-ring (bicyclic) bond motifs is 5. The van der Waals surface area contributed by atoms with E-state index in [9.17, 15) is 10.2 Å². The topological polar surface area (TPSA) is 87.7 Å². The van der Waals surface area contributed by atoms with Crippen LogP contribution in [0.3, 0.4) is 0 Å². The number of hydrogen-bond donors (Lipinski definition) is 4. The maximum Gasteiger partial charge on any atom is 0.0748 e. The lowest BCUT2D eigenvalue weighted by atomic mass is 9.43. The first kappa shape index (κ1) is 20.1. The third-order valence-electron chi connectivity index (χ3n) is 9.50. The highest BCUT2D eigenvalue weighted by Crippen LogP contribution is 2.67. The van der Waals surface area contributed by atoms with Gasteiger partial charge in [-0.1, -0.05) is 13.8 Å². The molecule has 0 amide bonds. The highest BCUT2D eigenvalue weighted by atomic mass is 16.6. The van der Waals surface area contributed by atoms with Crippen molar-refractivity contribution in [3.8, 4) is 0 Å². The lowest BCUT2D eigenvalue weighted by molar-refractivity contribution is -0.211. The molecule has 0 aromatic heterocycles. The lowest BCUT2D eigenvalue weighted by Gasteiger charge is -2.63. The highest BCUT2D eigenvalue weighted by molar-refractivity contribution is 5.18. The molecule has 156 valence electrons. The summed E-state index contributed by atoms with van der Waals surface area (Å²) >= 11 is 0. The SMILES string of the molecule is C[C@]12CC[C@H](O)C[C@H]1CC[C@@H]1[C@@H]2CC[C@]2(C)[C@@H](NOCCCN)CC[C@]12O. The molecule has 4 aliphatic carbocycles. The van der Waals surface area contributed by atoms with Crippen LogP contribution in [0.1, 0.15) is 78.1 Å². The molecule has 0 bridgehead atoms. The zero-order valence-corrected chi connectivity index (χ0v) is 17.3. The summed E-state index contributed by atoms with van der Waals surface area (Å²) in [6.07, 6.45) is 10.2. The zero-order chi connectivity index (χ0) is 19.3. The summed E-state index contributed by atoms with van der Waals surface area (Å²) in [5.41, 5.74) is 8.45. The Morgan fingerprint density at radius 2 is 1.85 bits per heavy atom. The molecule has 0 aliphatic heterocycles. The highest BCUT2D eigenvalue weighted by Gasteiger charge is 2.67. The van der Waals surface area contributed by atoms with E-state index >= 15 is 0 Å². The summed E-state index contributed by atoms with van der Waals surface area (Å²) in [6.45, 7) is 6.04. The summed E-state index contributed by atoms with van der Waals surface area (Å²) in [6, 6.07) is 0.222. The Balaban J connectivity index is 1.52. The number of nitrogens with one attached hydrogen (secondary N) is 1. The van der Waals surface area contributed by atoms with Gasteiger partial charge in [-0.2, -0.15) is 5.48 Å². The van der Waals surface area contributed by atoms with Gasteiger partial charge in [-0.25, -0.2) is 0 Å². The molecule has 5 heteroatoms. The normalized spacial score (nSPS) is 52.1. The van der Waals surface area contributed by atoms with Crippen molar-refractivity contribution in [3.05, 3.63) is 0 Å². The van der Waals surface area contributed by atoms with Crippen LogP contribution < -0.4 is 11.2 Å². The third-order valence-corrected chi connectivity index (χ3v) is 9.50. The Hall–Kier alpha value is -0.200. The standard InChI is InChI=1S/C22H40N2O3/c1-20-9-6-16(25)14-15(20)4-5-18-17(20)7-10-21(2)19(8-11-22(18,21)26)24-27-13-3-12-23/h15-19,24-26H,3-14,23H2,1-2H3/t15-,16+,17+,18-,19+,20+,21-,22+/m1/s1. The van der Waals surface area contributed by atoms with Gasteiger partial charge in [0, 0.05) is 11.5 Å². The monoisotopic (exact) mass is 380 g/mol. The quantitative estimate of drug-likeness (QED) is 0.435. The number of nitrogens with two attached hydrogens (primary N) is 1. The molecule has 5 nitrogen and oxygen atoms in total. The van der Waals surface area contributed by atoms with Crippen LogP contribution in [-0.2, 0) is 4.84 Å². The molecule has 4 rings (SSSR count). The van der Waals surface area contributed by atoms with Crippen molar-refractivity contribution in [1.82, 2.24) is 5.48 Å². The van der Waals surface area contributed by atoms with Gasteiger partial charge in [-0.15, -0.1) is 0 Å². The van der Waals surface area contributed by atoms with E-state index in [1.807, 2.05) is 0 Å². The van der Waals surface area contributed by atoms with Crippen LogP contribution in [0.5, 0.6) is 0 Å². The fourth-order valence-electron chi connectivity index (χ4n) is 7.71. The molecule has 4 fully saturated rings. The van der Waals surface area contributed by atoms with E-state index in [4.69, 9.17) is 10.6 Å². The van der Waals surface area contributed by atoms with E-state index in [0.717, 1.165) is 57.8 Å². The van der Waals surface area contributed by atoms with Gasteiger partial charge in [0.15, 0.2) is 0 Å². The van der Waals surface area contributed by atoms with Crippen molar-refractivity contribution in [1.29, 1.82) is 0 Å². The molecule has 4 aliphatic rings. The molecule has 0 unspecified atom stereocenters. The van der Waals surface area contributed by atoms with Crippen LogP contribution in [0.25, 0.3) is 0 Å². The minimum absolute atomic E-state index is 0.109. The summed E-state index contributed by atoms with van der Waals surface area (Å²) < 4.78 is 0. The first-order chi connectivity index (χ1) is 12.8. The van der Waals surface area contributed by atoms with Gasteiger partial charge < -0.3 is 20.8 Å². The number of hydrogen-bond acceptors (Lipinski definition) is 5. The van der Waals surface area contributed by atoms with Crippen molar-refractivity contribution in [2.24, 2.45) is 34.3 Å². The van der Waals surface area contributed by atoms with E-state index in [-0.39, 0.29) is 17.6 Å². The van der Waals surface area contributed by atoms with Crippen molar-refractivity contribution >= 4 is 0 Å². The second kappa shape index (κ2) is 7.24. The molecule has 0 aromatic rings. The van der Waals surface area contributed by atoms with Gasteiger partial charge in [0.05, 0.1) is 18.3 Å². The second-order valence-electron chi connectivity index (χ2n) is 10.5. The molecule has 27 heavy (non-hydrogen) atoms. The van der Waals surface area contributed by atoms with Crippen molar-refractivity contribution in [2.75, 3.05) is 13.2 Å². The van der Waals surface area contributed by atoms with Gasteiger partial charge in [0.2, 0.25) is 0 Å². The van der Waals surface area contributed by atoms with Gasteiger partial charge >= 0.3 is 0 Å².